The van der Waals surface area contributed by atoms with Crippen LogP contribution >= 0.6 is 12.4 Å². The normalized spacial score (nSPS) is 13.8. The molecule has 3 N–H and O–H groups in total. The van der Waals surface area contributed by atoms with Crippen LogP contribution in [0.15, 0.2) is 36.5 Å². The number of nitrogens with zero attached hydrogens (tertiary/aromatic N) is 2. The van der Waals surface area contributed by atoms with E-state index in [2.05, 4.69) is 25.9 Å². The number of pyridine rings is 2. The topological polar surface area (TPSA) is 96.0 Å². The third kappa shape index (κ3) is 5.96. The second kappa shape index (κ2) is 10.6. The van der Waals surface area contributed by atoms with Gasteiger partial charge in [-0.3, -0.25) is 9.78 Å². The zero-order chi connectivity index (χ0) is 22.7. The van der Waals surface area contributed by atoms with Crippen molar-refractivity contribution in [2.75, 3.05) is 10.6 Å². The minimum absolute atomic E-state index is 0. The predicted molar refractivity (Wildman–Crippen MR) is 130 cm³/mol. The molecule has 3 aromatic rings. The smallest absolute Gasteiger partial charge is 0.319 e. The van der Waals surface area contributed by atoms with Gasteiger partial charge in [0.1, 0.15) is 11.6 Å². The molecule has 3 amide bonds. The lowest BCUT2D eigenvalue weighted by molar-refractivity contribution is -0.114. The van der Waals surface area contributed by atoms with E-state index in [0.717, 1.165) is 47.9 Å². The molecule has 0 bridgehead atoms. The molecule has 2 aromatic heterocycles. The van der Waals surface area contributed by atoms with Crippen LogP contribution in [-0.2, 0) is 4.79 Å². The first-order chi connectivity index (χ1) is 15.4. The summed E-state index contributed by atoms with van der Waals surface area (Å²) < 4.78 is 14.4. The van der Waals surface area contributed by atoms with E-state index < -0.39 is 11.8 Å². The summed E-state index contributed by atoms with van der Waals surface area (Å²) in [5.41, 5.74) is 3.09. The largest absolute Gasteiger partial charge is 0.335 e. The van der Waals surface area contributed by atoms with Crippen LogP contribution in [0.5, 0.6) is 0 Å². The van der Waals surface area contributed by atoms with Gasteiger partial charge >= 0.3 is 6.03 Å². The highest BCUT2D eigenvalue weighted by molar-refractivity contribution is 5.93. The molecule has 1 fully saturated rings. The molecule has 1 aromatic carbocycles. The van der Waals surface area contributed by atoms with Gasteiger partial charge in [-0.15, -0.1) is 12.4 Å². The van der Waals surface area contributed by atoms with E-state index >= 15 is 0 Å². The van der Waals surface area contributed by atoms with Crippen LogP contribution in [0.1, 0.15) is 44.7 Å². The summed E-state index contributed by atoms with van der Waals surface area (Å²) in [5, 5.41) is 9.02. The van der Waals surface area contributed by atoms with E-state index in [1.165, 1.54) is 19.4 Å². The summed E-state index contributed by atoms with van der Waals surface area (Å²) in [4.78, 5) is 32.5. The van der Waals surface area contributed by atoms with Crippen molar-refractivity contribution in [2.24, 2.45) is 0 Å². The lowest BCUT2D eigenvalue weighted by atomic mass is 9.96. The fourth-order valence-electron chi connectivity index (χ4n) is 4.08. The van der Waals surface area contributed by atoms with E-state index in [1.54, 1.807) is 24.4 Å². The number of anilines is 2. The summed E-state index contributed by atoms with van der Waals surface area (Å²) in [6.07, 6.45) is 6.94. The Hall–Kier alpha value is -3.26. The van der Waals surface area contributed by atoms with Gasteiger partial charge in [0.2, 0.25) is 5.91 Å². The lowest BCUT2D eigenvalue weighted by Crippen LogP contribution is -2.39. The molecule has 0 saturated heterocycles. The third-order valence-corrected chi connectivity index (χ3v) is 5.66. The molecule has 1 aliphatic carbocycles. The summed E-state index contributed by atoms with van der Waals surface area (Å²) in [5.74, 6) is -0.272. The van der Waals surface area contributed by atoms with Gasteiger partial charge in [0.25, 0.3) is 0 Å². The summed E-state index contributed by atoms with van der Waals surface area (Å²) >= 11 is 0. The van der Waals surface area contributed by atoms with Crippen molar-refractivity contribution < 1.29 is 14.0 Å². The van der Waals surface area contributed by atoms with Crippen LogP contribution in [0, 0.1) is 12.7 Å². The van der Waals surface area contributed by atoms with E-state index in [9.17, 15) is 14.0 Å². The van der Waals surface area contributed by atoms with Gasteiger partial charge < -0.3 is 16.0 Å². The molecule has 0 spiro atoms. The van der Waals surface area contributed by atoms with Crippen LogP contribution in [0.3, 0.4) is 0 Å². The van der Waals surface area contributed by atoms with E-state index in [-0.39, 0.29) is 30.0 Å². The van der Waals surface area contributed by atoms with Crippen LogP contribution in [-0.4, -0.2) is 27.9 Å². The Morgan fingerprint density at radius 1 is 1.06 bits per heavy atom. The number of hydrogen-bond acceptors (Lipinski definition) is 4. The molecule has 7 nitrogen and oxygen atoms in total. The Balaban J connectivity index is 0.00000306. The number of carbonyl (C=O) groups excluding carboxylic acids is 2. The Bertz CT molecular complexity index is 1180. The van der Waals surface area contributed by atoms with Crippen molar-refractivity contribution in [1.82, 2.24) is 15.3 Å². The quantitative estimate of drug-likeness (QED) is 0.463. The highest BCUT2D eigenvalue weighted by atomic mass is 35.5. The van der Waals surface area contributed by atoms with E-state index in [0.29, 0.717) is 11.3 Å². The van der Waals surface area contributed by atoms with Crippen LogP contribution in [0.25, 0.3) is 22.0 Å². The Morgan fingerprint density at radius 2 is 1.82 bits per heavy atom. The molecule has 0 unspecified atom stereocenters. The molecule has 0 atom stereocenters. The fraction of sp³-hybridized carbons (Fsp3) is 0.333. The average Bonchev–Trinajstić information content (AvgIpc) is 2.75. The minimum Gasteiger partial charge on any atom is -0.335 e. The first kappa shape index (κ1) is 24.4. The van der Waals surface area contributed by atoms with Gasteiger partial charge in [0.15, 0.2) is 0 Å². The summed E-state index contributed by atoms with van der Waals surface area (Å²) in [7, 11) is 0. The molecule has 1 saturated carbocycles. The molecule has 0 aliphatic heterocycles. The molecule has 0 radical (unpaired) electrons. The maximum absolute atomic E-state index is 14.4. The monoisotopic (exact) mass is 471 g/mol. The molecule has 1 aliphatic rings. The SMILES string of the molecule is CC(=O)Nc1cc2nc(C)c(-c3ccc(F)c(NC(=O)NC4CCCCC4)c3)cc2cn1.Cl. The average molecular weight is 472 g/mol. The summed E-state index contributed by atoms with van der Waals surface area (Å²) in [6, 6.07) is 7.99. The number of aryl methyl sites for hydroxylation is 1. The minimum atomic E-state index is -0.499. The van der Waals surface area contributed by atoms with Gasteiger partial charge in [-0.25, -0.2) is 14.2 Å². The van der Waals surface area contributed by atoms with Crippen molar-refractivity contribution in [3.8, 4) is 11.1 Å². The van der Waals surface area contributed by atoms with Gasteiger partial charge in [0, 0.05) is 41.9 Å². The first-order valence-corrected chi connectivity index (χ1v) is 10.8. The van der Waals surface area contributed by atoms with Crippen molar-refractivity contribution in [3.05, 3.63) is 48.0 Å². The van der Waals surface area contributed by atoms with Crippen LogP contribution in [0.4, 0.5) is 20.7 Å². The molecule has 2 heterocycles. The van der Waals surface area contributed by atoms with Crippen molar-refractivity contribution >= 4 is 46.8 Å². The van der Waals surface area contributed by atoms with Crippen molar-refractivity contribution in [2.45, 2.75) is 52.0 Å². The third-order valence-electron chi connectivity index (χ3n) is 5.66. The van der Waals surface area contributed by atoms with Crippen molar-refractivity contribution in [1.29, 1.82) is 0 Å². The first-order valence-electron chi connectivity index (χ1n) is 10.8. The number of nitrogens with one attached hydrogen (secondary N) is 3. The standard InChI is InChI=1S/C24H26FN5O2.ClH/c1-14-19(10-17-13-26-23(28-15(2)31)12-21(17)27-14)16-8-9-20(25)22(11-16)30-24(32)29-18-6-4-3-5-7-18;/h8-13,18H,3-7H2,1-2H3,(H,26,28,31)(H2,29,30,32);1H. The molecular weight excluding hydrogens is 445 g/mol. The van der Waals surface area contributed by atoms with Gasteiger partial charge in [-0.05, 0) is 43.5 Å². The number of rotatable bonds is 4. The Labute approximate surface area is 198 Å². The number of hydrogen-bond donors (Lipinski definition) is 3. The molecule has 4 rings (SSSR count). The van der Waals surface area contributed by atoms with Crippen LogP contribution < -0.4 is 16.0 Å². The van der Waals surface area contributed by atoms with Crippen molar-refractivity contribution in [3.63, 3.8) is 0 Å². The molecular formula is C24H27ClFN5O2. The number of halogens is 2. The predicted octanol–water partition coefficient (Wildman–Crippen LogP) is 5.58. The highest BCUT2D eigenvalue weighted by Gasteiger charge is 2.17. The van der Waals surface area contributed by atoms with Crippen LogP contribution in [0.2, 0.25) is 0 Å². The molecule has 9 heteroatoms. The maximum atomic E-state index is 14.4. The zero-order valence-corrected chi connectivity index (χ0v) is 19.4. The van der Waals surface area contributed by atoms with E-state index in [1.807, 2.05) is 13.0 Å². The lowest BCUT2D eigenvalue weighted by Gasteiger charge is -2.23. The Morgan fingerprint density at radius 3 is 2.55 bits per heavy atom. The maximum Gasteiger partial charge on any atom is 0.319 e. The second-order valence-electron chi connectivity index (χ2n) is 8.19. The number of amides is 3. The second-order valence-corrected chi connectivity index (χ2v) is 8.19. The molecule has 33 heavy (non-hydrogen) atoms. The zero-order valence-electron chi connectivity index (χ0n) is 18.6. The number of urea groups is 1. The summed E-state index contributed by atoms with van der Waals surface area (Å²) in [6.45, 7) is 3.28. The number of benzene rings is 1. The highest BCUT2D eigenvalue weighted by Crippen LogP contribution is 2.30. The van der Waals surface area contributed by atoms with Gasteiger partial charge in [-0.1, -0.05) is 25.3 Å². The number of carbonyl (C=O) groups is 2. The van der Waals surface area contributed by atoms with Gasteiger partial charge in [0.05, 0.1) is 11.2 Å². The Kier molecular flexibility index (Phi) is 7.81. The van der Waals surface area contributed by atoms with Gasteiger partial charge in [-0.2, -0.15) is 0 Å². The number of aromatic nitrogens is 2. The van der Waals surface area contributed by atoms with E-state index in [4.69, 9.17) is 0 Å². The molecule has 174 valence electrons. The number of fused-ring (bicyclic) bond motifs is 1. The fourth-order valence-corrected chi connectivity index (χ4v) is 4.08.